The van der Waals surface area contributed by atoms with E-state index in [2.05, 4.69) is 103 Å². The number of benzene rings is 4. The molecule has 11 rings (SSSR count). The van der Waals surface area contributed by atoms with Crippen LogP contribution in [0, 0.1) is 29.9 Å². The Balaban J connectivity index is 0.000000175. The molecule has 70 heavy (non-hydrogen) atoms. The van der Waals surface area contributed by atoms with Gasteiger partial charge in [-0.3, -0.25) is 14.3 Å². The average Bonchev–Trinajstić information content (AvgIpc) is 4.00. The van der Waals surface area contributed by atoms with E-state index >= 15 is 0 Å². The first-order valence-electron chi connectivity index (χ1n) is 23.6. The standard InChI is InChI=1S/C33H39N7O2.C19H14F2N6O/c1-4-30(41)40-19-18-39(20-25(40)13-15-34)32-27-14-17-38(29-12-6-10-24-9-5-8-23(2)31(24)29)21-28(27)35-33(36-32)42-22-26-11-7-16-37(26)3;1-27-18(22-8-23-27)15-16(9-2-4-10(20)5-3-9)24-13-7-11(21)6-12-14(13)17(15)25-26-19(12)28/h4-6,8-10,12,25-26H,1,7,11,13-14,16-22H2,2-3H3;2-8,15-16,24H,1H3,(H,26,28)/t;15-,16-/m.1/s1. The molecule has 2 N–H and O–H groups in total. The van der Waals surface area contributed by atoms with E-state index in [9.17, 15) is 23.6 Å². The molecule has 2 fully saturated rings. The first-order valence-corrected chi connectivity index (χ1v) is 23.6. The fraction of sp³-hybridized carbons (Fsp3) is 0.346. The molecule has 4 aliphatic heterocycles. The SMILES string of the molecule is C=CC(=O)N1CCN(c2nc(OCC3CCCN3C)nc3c2CCN(c2cccc4cccc(C)c24)C3)CC1CC#N.Cn1ncnc1[C@H]1c2n[nH]c(=O)c3cc(F)cc(c23)N[C@@H]1c1ccc(F)cc1. The maximum Gasteiger partial charge on any atom is 0.318 e. The highest BCUT2D eigenvalue weighted by Gasteiger charge is 2.38. The largest absolute Gasteiger partial charge is 0.462 e. The number of carbonyl (C=O) groups is 1. The second-order valence-corrected chi connectivity index (χ2v) is 18.4. The molecule has 0 aliphatic carbocycles. The van der Waals surface area contributed by atoms with Crippen LogP contribution in [0.5, 0.6) is 6.01 Å². The molecule has 0 saturated carbocycles. The van der Waals surface area contributed by atoms with Crippen molar-refractivity contribution in [3.05, 3.63) is 148 Å². The summed E-state index contributed by atoms with van der Waals surface area (Å²) < 4.78 is 35.5. The van der Waals surface area contributed by atoms with E-state index in [-0.39, 0.29) is 29.6 Å². The highest BCUT2D eigenvalue weighted by atomic mass is 19.1. The number of aryl methyl sites for hydroxylation is 2. The van der Waals surface area contributed by atoms with Crippen molar-refractivity contribution in [2.75, 3.05) is 61.5 Å². The molecule has 7 heterocycles. The fourth-order valence-corrected chi connectivity index (χ4v) is 10.6. The van der Waals surface area contributed by atoms with Crippen LogP contribution < -0.4 is 25.4 Å². The first kappa shape index (κ1) is 46.0. The summed E-state index contributed by atoms with van der Waals surface area (Å²) in [5.41, 5.74) is 5.89. The zero-order chi connectivity index (χ0) is 48.6. The highest BCUT2D eigenvalue weighted by Crippen LogP contribution is 2.46. The number of amides is 1. The van der Waals surface area contributed by atoms with Crippen molar-refractivity contribution in [1.29, 1.82) is 5.26 Å². The van der Waals surface area contributed by atoms with Crippen molar-refractivity contribution in [2.24, 2.45) is 7.05 Å². The van der Waals surface area contributed by atoms with Gasteiger partial charge in [0.15, 0.2) is 0 Å². The van der Waals surface area contributed by atoms with Crippen LogP contribution in [0.3, 0.4) is 0 Å². The minimum absolute atomic E-state index is 0.134. The van der Waals surface area contributed by atoms with Crippen LogP contribution in [-0.2, 0) is 24.8 Å². The molecular formula is C52H53F2N13O3. The minimum atomic E-state index is -0.535. The van der Waals surface area contributed by atoms with E-state index < -0.39 is 23.3 Å². The molecular weight excluding hydrogens is 893 g/mol. The van der Waals surface area contributed by atoms with E-state index in [1.165, 1.54) is 65.1 Å². The van der Waals surface area contributed by atoms with Crippen LogP contribution in [0.15, 0.2) is 96.6 Å². The molecule has 2 unspecified atom stereocenters. The number of H-pyrrole nitrogens is 1. The molecule has 4 aliphatic rings. The van der Waals surface area contributed by atoms with E-state index in [0.29, 0.717) is 67.4 Å². The van der Waals surface area contributed by atoms with Gasteiger partial charge >= 0.3 is 6.01 Å². The number of likely N-dealkylation sites (tertiary alicyclic amines) is 1. The molecule has 16 nitrogen and oxygen atoms in total. The molecule has 0 radical (unpaired) electrons. The maximum absolute atomic E-state index is 14.1. The number of nitrogens with zero attached hydrogens (tertiary/aromatic N) is 11. The lowest BCUT2D eigenvalue weighted by atomic mass is 9.83. The smallest absolute Gasteiger partial charge is 0.318 e. The van der Waals surface area contributed by atoms with Crippen LogP contribution in [-0.4, -0.2) is 109 Å². The number of fused-ring (bicyclic) bond motifs is 2. The lowest BCUT2D eigenvalue weighted by Gasteiger charge is -2.42. The van der Waals surface area contributed by atoms with Crippen molar-refractivity contribution in [1.82, 2.24) is 44.7 Å². The quantitative estimate of drug-likeness (QED) is 0.146. The molecule has 0 bridgehead atoms. The maximum atomic E-state index is 14.1. The number of halogens is 2. The first-order chi connectivity index (χ1) is 34.0. The van der Waals surface area contributed by atoms with Gasteiger partial charge in [0.25, 0.3) is 5.56 Å². The summed E-state index contributed by atoms with van der Waals surface area (Å²) >= 11 is 0. The molecule has 3 aromatic heterocycles. The summed E-state index contributed by atoms with van der Waals surface area (Å²) in [5, 5.41) is 27.0. The Bertz CT molecular complexity index is 3220. The molecule has 0 spiro atoms. The number of piperazine rings is 1. The number of nitriles is 1. The average molecular weight is 946 g/mol. The third-order valence-electron chi connectivity index (χ3n) is 14.2. The number of rotatable bonds is 9. The Kier molecular flexibility index (Phi) is 12.7. The Hall–Kier alpha value is -7.78. The molecule has 2 saturated heterocycles. The number of aromatic nitrogens is 7. The van der Waals surface area contributed by atoms with Gasteiger partial charge in [-0.25, -0.2) is 18.9 Å². The van der Waals surface area contributed by atoms with Gasteiger partial charge < -0.3 is 29.7 Å². The predicted octanol–water partition coefficient (Wildman–Crippen LogP) is 6.72. The molecule has 7 aromatic rings. The van der Waals surface area contributed by atoms with Crippen LogP contribution in [0.2, 0.25) is 0 Å². The lowest BCUT2D eigenvalue weighted by molar-refractivity contribution is -0.128. The van der Waals surface area contributed by atoms with Gasteiger partial charge in [0.1, 0.15) is 36.2 Å². The van der Waals surface area contributed by atoms with Crippen molar-refractivity contribution >= 4 is 44.6 Å². The Morgan fingerprint density at radius 1 is 0.971 bits per heavy atom. The van der Waals surface area contributed by atoms with Crippen LogP contribution >= 0.6 is 0 Å². The van der Waals surface area contributed by atoms with Crippen LogP contribution in [0.25, 0.3) is 21.5 Å². The molecule has 18 heteroatoms. The number of hydrogen-bond acceptors (Lipinski definition) is 13. The highest BCUT2D eigenvalue weighted by molar-refractivity contribution is 5.98. The summed E-state index contributed by atoms with van der Waals surface area (Å²) in [6, 6.07) is 23.9. The van der Waals surface area contributed by atoms with Gasteiger partial charge in [-0.1, -0.05) is 49.0 Å². The predicted molar refractivity (Wildman–Crippen MR) is 263 cm³/mol. The zero-order valence-electron chi connectivity index (χ0n) is 39.3. The molecule has 358 valence electrons. The third-order valence-corrected chi connectivity index (χ3v) is 14.2. The number of aromatic amines is 1. The Morgan fingerprint density at radius 3 is 2.53 bits per heavy atom. The minimum Gasteiger partial charge on any atom is -0.462 e. The zero-order valence-corrected chi connectivity index (χ0v) is 39.3. The van der Waals surface area contributed by atoms with Crippen molar-refractivity contribution in [3.8, 4) is 12.1 Å². The van der Waals surface area contributed by atoms with Crippen LogP contribution in [0.4, 0.5) is 26.0 Å². The van der Waals surface area contributed by atoms with Gasteiger partial charge in [-0.05, 0) is 92.7 Å². The number of anilines is 3. The lowest BCUT2D eigenvalue weighted by Crippen LogP contribution is -2.55. The molecule has 1 amide bonds. The van der Waals surface area contributed by atoms with Crippen molar-refractivity contribution in [2.45, 2.75) is 63.2 Å². The topological polar surface area (TPSA) is 177 Å². The summed E-state index contributed by atoms with van der Waals surface area (Å²) in [5.74, 6) is 0.0221. The second-order valence-electron chi connectivity index (χ2n) is 18.4. The van der Waals surface area contributed by atoms with E-state index in [0.717, 1.165) is 48.6 Å². The van der Waals surface area contributed by atoms with Gasteiger partial charge in [0.2, 0.25) is 5.91 Å². The van der Waals surface area contributed by atoms with Crippen molar-refractivity contribution in [3.63, 3.8) is 0 Å². The number of nitrogens with one attached hydrogen (secondary N) is 2. The molecule has 4 aromatic carbocycles. The Morgan fingerprint density at radius 2 is 1.79 bits per heavy atom. The van der Waals surface area contributed by atoms with Crippen molar-refractivity contribution < 1.29 is 18.3 Å². The number of hydrogen-bond donors (Lipinski definition) is 2. The monoisotopic (exact) mass is 945 g/mol. The van der Waals surface area contributed by atoms with Crippen LogP contribution in [0.1, 0.15) is 65.1 Å². The summed E-state index contributed by atoms with van der Waals surface area (Å²) in [4.78, 5) is 47.9. The van der Waals surface area contributed by atoms with Gasteiger partial charge in [-0.15, -0.1) is 0 Å². The van der Waals surface area contributed by atoms with E-state index in [4.69, 9.17) is 14.7 Å². The summed E-state index contributed by atoms with van der Waals surface area (Å²) in [6.07, 6.45) is 6.11. The summed E-state index contributed by atoms with van der Waals surface area (Å²) in [6.45, 7) is 10.7. The number of ether oxygens (including phenoxy) is 1. The fourth-order valence-electron chi connectivity index (χ4n) is 10.6. The number of likely N-dealkylation sites (N-methyl/N-ethyl adjacent to an activating group) is 1. The van der Waals surface area contributed by atoms with Gasteiger partial charge in [-0.2, -0.15) is 25.4 Å². The molecule has 4 atom stereocenters. The third kappa shape index (κ3) is 8.77. The Labute approximate surface area is 403 Å². The summed E-state index contributed by atoms with van der Waals surface area (Å²) in [7, 11) is 3.90. The van der Waals surface area contributed by atoms with E-state index in [1.807, 2.05) is 0 Å². The van der Waals surface area contributed by atoms with Gasteiger partial charge in [0.05, 0.1) is 53.8 Å². The second kappa shape index (κ2) is 19.3. The number of carbonyl (C=O) groups excluding carboxylic acids is 1. The normalized spacial score (nSPS) is 19.8. The van der Waals surface area contributed by atoms with Gasteiger partial charge in [0, 0.05) is 67.0 Å². The van der Waals surface area contributed by atoms with E-state index in [1.54, 1.807) is 28.8 Å².